The van der Waals surface area contributed by atoms with E-state index in [0.29, 0.717) is 5.76 Å². The molecule has 0 bridgehead atoms. The summed E-state index contributed by atoms with van der Waals surface area (Å²) in [6, 6.07) is 7.20. The van der Waals surface area contributed by atoms with Crippen molar-refractivity contribution in [3.8, 4) is 5.75 Å². The molecule has 0 spiro atoms. The lowest BCUT2D eigenvalue weighted by Gasteiger charge is -2.12. The molecule has 0 radical (unpaired) electrons. The normalized spacial score (nSPS) is 12.4. The Morgan fingerprint density at radius 1 is 1.28 bits per heavy atom. The van der Waals surface area contributed by atoms with Crippen molar-refractivity contribution in [3.05, 3.63) is 63.5 Å². The highest BCUT2D eigenvalue weighted by Gasteiger charge is 2.18. The van der Waals surface area contributed by atoms with E-state index < -0.39 is 5.63 Å². The minimum atomic E-state index is -0.565. The number of halogens is 1. The summed E-state index contributed by atoms with van der Waals surface area (Å²) in [6.45, 7) is 3.35. The highest BCUT2D eigenvalue weighted by atomic mass is 19.1. The maximum Gasteiger partial charge on any atom is 0.343 e. The van der Waals surface area contributed by atoms with Crippen LogP contribution in [-0.4, -0.2) is 5.11 Å². The van der Waals surface area contributed by atoms with Crippen LogP contribution in [0.2, 0.25) is 0 Å². The van der Waals surface area contributed by atoms with Gasteiger partial charge in [0.1, 0.15) is 17.3 Å². The maximum absolute atomic E-state index is 12.8. The maximum atomic E-state index is 12.8. The molecule has 1 aromatic heterocycles. The van der Waals surface area contributed by atoms with E-state index in [9.17, 15) is 14.3 Å². The van der Waals surface area contributed by atoms with Crippen LogP contribution >= 0.6 is 0 Å². The molecule has 94 valence electrons. The first kappa shape index (κ1) is 12.4. The molecule has 2 rings (SSSR count). The summed E-state index contributed by atoms with van der Waals surface area (Å²) in [6.07, 6.45) is 0. The molecule has 1 N–H and O–H groups in total. The van der Waals surface area contributed by atoms with Crippen molar-refractivity contribution in [1.82, 2.24) is 0 Å². The summed E-state index contributed by atoms with van der Waals surface area (Å²) in [5.41, 5.74) is 0.361. The largest absolute Gasteiger partial charge is 0.507 e. The van der Waals surface area contributed by atoms with Crippen LogP contribution in [0.5, 0.6) is 5.75 Å². The van der Waals surface area contributed by atoms with Crippen LogP contribution in [0.15, 0.2) is 39.5 Å². The first-order valence-electron chi connectivity index (χ1n) is 5.58. The molecule has 1 atom stereocenters. The van der Waals surface area contributed by atoms with Crippen molar-refractivity contribution >= 4 is 0 Å². The number of hydrogen-bond acceptors (Lipinski definition) is 3. The van der Waals surface area contributed by atoms with Crippen molar-refractivity contribution < 1.29 is 13.9 Å². The van der Waals surface area contributed by atoms with Gasteiger partial charge in [-0.3, -0.25) is 0 Å². The molecule has 3 nitrogen and oxygen atoms in total. The average molecular weight is 248 g/mol. The fraction of sp³-hybridized carbons (Fsp3) is 0.214. The number of benzene rings is 1. The van der Waals surface area contributed by atoms with Gasteiger partial charge in [0.25, 0.3) is 0 Å². The second-order valence-electron chi connectivity index (χ2n) is 4.22. The van der Waals surface area contributed by atoms with E-state index in [1.807, 2.05) is 0 Å². The van der Waals surface area contributed by atoms with Gasteiger partial charge in [-0.15, -0.1) is 0 Å². The molecule has 1 heterocycles. The molecule has 2 aromatic rings. The van der Waals surface area contributed by atoms with Crippen LogP contribution < -0.4 is 5.63 Å². The van der Waals surface area contributed by atoms with Gasteiger partial charge in [0.2, 0.25) is 0 Å². The van der Waals surface area contributed by atoms with E-state index >= 15 is 0 Å². The van der Waals surface area contributed by atoms with Gasteiger partial charge < -0.3 is 9.52 Å². The third kappa shape index (κ3) is 2.27. The Balaban J connectivity index is 2.49. The summed E-state index contributed by atoms with van der Waals surface area (Å²) in [5.74, 6) is -0.443. The second kappa shape index (κ2) is 4.64. The van der Waals surface area contributed by atoms with Gasteiger partial charge in [-0.1, -0.05) is 19.1 Å². The Morgan fingerprint density at radius 2 is 1.89 bits per heavy atom. The molecular weight excluding hydrogens is 235 g/mol. The molecule has 0 aliphatic carbocycles. The van der Waals surface area contributed by atoms with Crippen LogP contribution in [0.4, 0.5) is 4.39 Å². The summed E-state index contributed by atoms with van der Waals surface area (Å²) in [4.78, 5) is 11.7. The predicted octanol–water partition coefficient (Wildman–Crippen LogP) is 2.94. The predicted molar refractivity (Wildman–Crippen MR) is 65.3 cm³/mol. The van der Waals surface area contributed by atoms with E-state index in [1.54, 1.807) is 26.0 Å². The standard InChI is InChI=1S/C14H13FO3/c1-8-7-12(16)13(14(17)18-8)9(2)10-3-5-11(15)6-4-10/h3-7,9,16H,1-2H3. The van der Waals surface area contributed by atoms with Crippen LogP contribution in [0.3, 0.4) is 0 Å². The van der Waals surface area contributed by atoms with Gasteiger partial charge in [0, 0.05) is 12.0 Å². The van der Waals surface area contributed by atoms with E-state index in [2.05, 4.69) is 0 Å². The number of hydrogen-bond donors (Lipinski definition) is 1. The van der Waals surface area contributed by atoms with Crippen molar-refractivity contribution in [3.63, 3.8) is 0 Å². The van der Waals surface area contributed by atoms with E-state index in [-0.39, 0.29) is 23.0 Å². The zero-order valence-corrected chi connectivity index (χ0v) is 10.1. The van der Waals surface area contributed by atoms with E-state index in [1.165, 1.54) is 18.2 Å². The van der Waals surface area contributed by atoms with Gasteiger partial charge in [0.05, 0.1) is 5.56 Å². The molecule has 18 heavy (non-hydrogen) atoms. The molecule has 0 amide bonds. The zero-order valence-electron chi connectivity index (χ0n) is 10.1. The monoisotopic (exact) mass is 248 g/mol. The van der Waals surface area contributed by atoms with Crippen LogP contribution in [0, 0.1) is 12.7 Å². The summed E-state index contributed by atoms with van der Waals surface area (Å²) < 4.78 is 17.8. The molecule has 0 fully saturated rings. The third-order valence-electron chi connectivity index (χ3n) is 2.89. The molecule has 4 heteroatoms. The highest BCUT2D eigenvalue weighted by Crippen LogP contribution is 2.28. The first-order chi connectivity index (χ1) is 8.49. The van der Waals surface area contributed by atoms with E-state index in [0.717, 1.165) is 5.56 Å². The second-order valence-corrected chi connectivity index (χ2v) is 4.22. The lowest BCUT2D eigenvalue weighted by Crippen LogP contribution is -2.12. The van der Waals surface area contributed by atoms with E-state index in [4.69, 9.17) is 4.42 Å². The van der Waals surface area contributed by atoms with Crippen LogP contribution in [-0.2, 0) is 0 Å². The minimum Gasteiger partial charge on any atom is -0.507 e. The number of aromatic hydroxyl groups is 1. The Labute approximate surface area is 104 Å². The minimum absolute atomic E-state index is 0.0967. The summed E-state index contributed by atoms with van der Waals surface area (Å²) in [7, 11) is 0. The zero-order chi connectivity index (χ0) is 13.3. The molecule has 0 saturated heterocycles. The van der Waals surface area contributed by atoms with Gasteiger partial charge in [-0.05, 0) is 24.6 Å². The van der Waals surface area contributed by atoms with Gasteiger partial charge in [0.15, 0.2) is 0 Å². The van der Waals surface area contributed by atoms with Crippen molar-refractivity contribution in [2.45, 2.75) is 19.8 Å². The summed E-state index contributed by atoms with van der Waals surface area (Å²) >= 11 is 0. The highest BCUT2D eigenvalue weighted by molar-refractivity contribution is 5.39. The Bertz CT molecular complexity index is 614. The lowest BCUT2D eigenvalue weighted by atomic mass is 9.94. The van der Waals surface area contributed by atoms with Crippen LogP contribution in [0.25, 0.3) is 0 Å². The van der Waals surface area contributed by atoms with Crippen LogP contribution in [0.1, 0.15) is 29.7 Å². The van der Waals surface area contributed by atoms with Gasteiger partial charge >= 0.3 is 5.63 Å². The molecule has 0 aliphatic rings. The lowest BCUT2D eigenvalue weighted by molar-refractivity contribution is 0.419. The summed E-state index contributed by atoms with van der Waals surface area (Å²) in [5, 5.41) is 9.82. The SMILES string of the molecule is Cc1cc(O)c(C(C)c2ccc(F)cc2)c(=O)o1. The Hall–Kier alpha value is -2.10. The van der Waals surface area contributed by atoms with Gasteiger partial charge in [-0.25, -0.2) is 9.18 Å². The number of rotatable bonds is 2. The molecule has 1 aromatic carbocycles. The quantitative estimate of drug-likeness (QED) is 0.888. The van der Waals surface area contributed by atoms with Crippen molar-refractivity contribution in [2.75, 3.05) is 0 Å². The molecule has 0 aliphatic heterocycles. The molecular formula is C14H13FO3. The topological polar surface area (TPSA) is 50.4 Å². The van der Waals surface area contributed by atoms with Crippen molar-refractivity contribution in [2.24, 2.45) is 0 Å². The first-order valence-corrected chi connectivity index (χ1v) is 5.58. The molecule has 0 saturated carbocycles. The Morgan fingerprint density at radius 3 is 2.44 bits per heavy atom. The fourth-order valence-corrected chi connectivity index (χ4v) is 1.92. The van der Waals surface area contributed by atoms with Gasteiger partial charge in [-0.2, -0.15) is 0 Å². The average Bonchev–Trinajstić information content (AvgIpc) is 2.28. The third-order valence-corrected chi connectivity index (χ3v) is 2.89. The fourth-order valence-electron chi connectivity index (χ4n) is 1.92. The van der Waals surface area contributed by atoms with Crippen molar-refractivity contribution in [1.29, 1.82) is 0 Å². The number of aryl methyl sites for hydroxylation is 1. The smallest absolute Gasteiger partial charge is 0.343 e. The Kier molecular flexibility index (Phi) is 3.19. The molecule has 1 unspecified atom stereocenters.